The lowest BCUT2D eigenvalue weighted by Crippen LogP contribution is -2.55. The lowest BCUT2D eigenvalue weighted by Gasteiger charge is -2.41. The Bertz CT molecular complexity index is 611. The van der Waals surface area contributed by atoms with E-state index in [1.807, 2.05) is 25.3 Å². The highest BCUT2D eigenvalue weighted by Gasteiger charge is 2.51. The third-order valence-corrected chi connectivity index (χ3v) is 6.94. The van der Waals surface area contributed by atoms with E-state index >= 15 is 0 Å². The topological polar surface area (TPSA) is 35.1 Å². The van der Waals surface area contributed by atoms with Crippen molar-refractivity contribution in [1.29, 1.82) is 0 Å². The number of allylic oxidation sites excluding steroid dienone is 2. The van der Waals surface area contributed by atoms with Gasteiger partial charge in [-0.15, -0.1) is 0 Å². The number of hydrogen-bond acceptors (Lipinski definition) is 2. The Labute approximate surface area is 134 Å². The monoisotopic (exact) mass is 317 g/mol. The standard InChI is InChI=1S/C17H19NOS2/c1-18-16(20)17(10-4-5-11-21(17)19)15-9-8-13-6-2-3-7-14(13)12-15/h2-7,10-11,15H,8-9,12H2,1H3,(H,18,20)/t15?,17-,21-/m0/s1. The Morgan fingerprint density at radius 1 is 1.33 bits per heavy atom. The molecule has 1 aromatic rings. The molecule has 0 radical (unpaired) electrons. The van der Waals surface area contributed by atoms with E-state index in [2.05, 4.69) is 29.6 Å². The molecule has 0 saturated heterocycles. The SMILES string of the molecule is CNC(=S)[C@@]1(C2CCc3ccccc3C2)C=CC=C[S@+]1[O-]. The highest BCUT2D eigenvalue weighted by Crippen LogP contribution is 2.41. The summed E-state index contributed by atoms with van der Waals surface area (Å²) in [6.45, 7) is 0. The van der Waals surface area contributed by atoms with Crippen molar-refractivity contribution >= 4 is 28.4 Å². The Morgan fingerprint density at radius 3 is 2.81 bits per heavy atom. The van der Waals surface area contributed by atoms with Crippen LogP contribution in [-0.4, -0.2) is 21.3 Å². The van der Waals surface area contributed by atoms with E-state index in [0.717, 1.165) is 19.3 Å². The van der Waals surface area contributed by atoms with Gasteiger partial charge in [0, 0.05) is 13.0 Å². The average Bonchev–Trinajstić information content (AvgIpc) is 2.54. The summed E-state index contributed by atoms with van der Waals surface area (Å²) in [5.41, 5.74) is 2.78. The van der Waals surface area contributed by atoms with Crippen LogP contribution in [0.1, 0.15) is 17.5 Å². The van der Waals surface area contributed by atoms with Crippen LogP contribution < -0.4 is 5.32 Å². The van der Waals surface area contributed by atoms with Gasteiger partial charge in [-0.3, -0.25) is 0 Å². The van der Waals surface area contributed by atoms with Crippen LogP contribution >= 0.6 is 12.2 Å². The third kappa shape index (κ3) is 2.45. The number of fused-ring (bicyclic) bond motifs is 1. The van der Waals surface area contributed by atoms with Gasteiger partial charge in [-0.25, -0.2) is 0 Å². The lowest BCUT2D eigenvalue weighted by molar-refractivity contribution is 0.419. The molecule has 1 aliphatic heterocycles. The van der Waals surface area contributed by atoms with Gasteiger partial charge in [0.1, 0.15) is 10.4 Å². The summed E-state index contributed by atoms with van der Waals surface area (Å²) in [6.07, 6.45) is 8.85. The first-order chi connectivity index (χ1) is 10.2. The Morgan fingerprint density at radius 2 is 2.10 bits per heavy atom. The average molecular weight is 317 g/mol. The molecule has 1 unspecified atom stereocenters. The summed E-state index contributed by atoms with van der Waals surface area (Å²) in [5, 5.41) is 4.85. The molecule has 0 aromatic heterocycles. The second kappa shape index (κ2) is 5.95. The fourth-order valence-electron chi connectivity index (χ4n) is 3.41. The van der Waals surface area contributed by atoms with Crippen LogP contribution in [0.2, 0.25) is 0 Å². The molecular formula is C17H19NOS2. The molecular weight excluding hydrogens is 298 g/mol. The molecule has 2 aliphatic rings. The van der Waals surface area contributed by atoms with Gasteiger partial charge in [0.15, 0.2) is 0 Å². The van der Waals surface area contributed by atoms with Gasteiger partial charge in [-0.05, 0) is 53.7 Å². The van der Waals surface area contributed by atoms with E-state index in [1.165, 1.54) is 11.1 Å². The van der Waals surface area contributed by atoms with Crippen LogP contribution in [0.25, 0.3) is 0 Å². The molecule has 4 heteroatoms. The number of hydrogen-bond donors (Lipinski definition) is 1. The number of thiocarbonyl (C=S) groups is 1. The van der Waals surface area contributed by atoms with E-state index in [1.54, 1.807) is 5.41 Å². The van der Waals surface area contributed by atoms with Crippen molar-refractivity contribution in [1.82, 2.24) is 5.32 Å². The second-order valence-corrected chi connectivity index (χ2v) is 7.52. The molecule has 0 amide bonds. The molecule has 21 heavy (non-hydrogen) atoms. The van der Waals surface area contributed by atoms with E-state index < -0.39 is 15.9 Å². The molecule has 1 aliphatic carbocycles. The smallest absolute Gasteiger partial charge is 0.201 e. The first kappa shape index (κ1) is 14.8. The van der Waals surface area contributed by atoms with Gasteiger partial charge < -0.3 is 9.87 Å². The highest BCUT2D eigenvalue weighted by molar-refractivity contribution is 7.98. The summed E-state index contributed by atoms with van der Waals surface area (Å²) in [4.78, 5) is 0.686. The molecule has 110 valence electrons. The third-order valence-electron chi connectivity index (χ3n) is 4.53. The molecule has 1 heterocycles. The minimum Gasteiger partial charge on any atom is -0.611 e. The van der Waals surface area contributed by atoms with Crippen molar-refractivity contribution in [2.45, 2.75) is 24.0 Å². The highest BCUT2D eigenvalue weighted by atomic mass is 32.2. The molecule has 0 saturated carbocycles. The molecule has 1 N–H and O–H groups in total. The van der Waals surface area contributed by atoms with Crippen LogP contribution in [0.3, 0.4) is 0 Å². The molecule has 1 aromatic carbocycles. The minimum atomic E-state index is -1.11. The van der Waals surface area contributed by atoms with Crippen molar-refractivity contribution in [3.05, 3.63) is 59.0 Å². The largest absolute Gasteiger partial charge is 0.611 e. The predicted octanol–water partition coefficient (Wildman–Crippen LogP) is 2.91. The second-order valence-electron chi connectivity index (χ2n) is 5.57. The van der Waals surface area contributed by atoms with E-state index in [0.29, 0.717) is 4.99 Å². The number of rotatable bonds is 2. The van der Waals surface area contributed by atoms with Crippen molar-refractivity contribution in [3.8, 4) is 0 Å². The van der Waals surface area contributed by atoms with Crippen molar-refractivity contribution < 1.29 is 4.55 Å². The first-order valence-electron chi connectivity index (χ1n) is 7.24. The predicted molar refractivity (Wildman–Crippen MR) is 92.8 cm³/mol. The van der Waals surface area contributed by atoms with Gasteiger partial charge in [0.2, 0.25) is 4.75 Å². The Kier molecular flexibility index (Phi) is 4.20. The van der Waals surface area contributed by atoms with Crippen LogP contribution in [-0.2, 0) is 24.0 Å². The van der Waals surface area contributed by atoms with Crippen LogP contribution in [0.4, 0.5) is 0 Å². The van der Waals surface area contributed by atoms with Gasteiger partial charge in [0.05, 0.1) is 0 Å². The molecule has 0 spiro atoms. The first-order valence-corrected chi connectivity index (χ1v) is 8.86. The van der Waals surface area contributed by atoms with Crippen LogP contribution in [0.5, 0.6) is 0 Å². The zero-order chi connectivity index (χ0) is 14.9. The van der Waals surface area contributed by atoms with Crippen molar-refractivity contribution in [2.75, 3.05) is 7.05 Å². The van der Waals surface area contributed by atoms with Gasteiger partial charge in [0.25, 0.3) is 0 Å². The Hall–Kier alpha value is -1.10. The van der Waals surface area contributed by atoms with Crippen molar-refractivity contribution in [3.63, 3.8) is 0 Å². The van der Waals surface area contributed by atoms with Crippen LogP contribution in [0.15, 0.2) is 47.9 Å². The summed E-state index contributed by atoms with van der Waals surface area (Å²) < 4.78 is 12.2. The van der Waals surface area contributed by atoms with E-state index in [9.17, 15) is 4.55 Å². The van der Waals surface area contributed by atoms with Crippen molar-refractivity contribution in [2.24, 2.45) is 5.92 Å². The molecule has 0 fully saturated rings. The van der Waals surface area contributed by atoms with Crippen LogP contribution in [0, 0.1) is 5.92 Å². The number of benzene rings is 1. The molecule has 2 nitrogen and oxygen atoms in total. The summed E-state index contributed by atoms with van der Waals surface area (Å²) >= 11 is 4.44. The normalized spacial score (nSPS) is 30.8. The maximum absolute atomic E-state index is 12.8. The molecule has 0 bridgehead atoms. The molecule has 3 rings (SSSR count). The maximum atomic E-state index is 12.8. The van der Waals surface area contributed by atoms with Gasteiger partial charge >= 0.3 is 0 Å². The zero-order valence-electron chi connectivity index (χ0n) is 12.0. The number of aryl methyl sites for hydroxylation is 1. The summed E-state index contributed by atoms with van der Waals surface area (Å²) in [5.74, 6) is 0.273. The summed E-state index contributed by atoms with van der Waals surface area (Å²) in [7, 11) is 1.82. The number of nitrogens with one attached hydrogen (secondary N) is 1. The maximum Gasteiger partial charge on any atom is 0.201 e. The minimum absolute atomic E-state index is 0.273. The quantitative estimate of drug-likeness (QED) is 0.673. The van der Waals surface area contributed by atoms with Gasteiger partial charge in [-0.1, -0.05) is 42.6 Å². The summed E-state index contributed by atoms with van der Waals surface area (Å²) in [6, 6.07) is 8.55. The Balaban J connectivity index is 1.98. The van der Waals surface area contributed by atoms with E-state index in [-0.39, 0.29) is 5.92 Å². The zero-order valence-corrected chi connectivity index (χ0v) is 13.7. The van der Waals surface area contributed by atoms with E-state index in [4.69, 9.17) is 12.2 Å². The lowest BCUT2D eigenvalue weighted by atomic mass is 9.76. The van der Waals surface area contributed by atoms with Gasteiger partial charge in [-0.2, -0.15) is 0 Å². The fraction of sp³-hybridized carbons (Fsp3) is 0.353. The molecule has 3 atom stereocenters. The fourth-order valence-corrected chi connectivity index (χ4v) is 5.37.